The lowest BCUT2D eigenvalue weighted by atomic mass is 10.1. The van der Waals surface area contributed by atoms with Gasteiger partial charge in [0.05, 0.1) is 0 Å². The fourth-order valence-electron chi connectivity index (χ4n) is 2.74. The van der Waals surface area contributed by atoms with Crippen LogP contribution in [0.5, 0.6) is 0 Å². The second kappa shape index (κ2) is 8.27. The van der Waals surface area contributed by atoms with Crippen molar-refractivity contribution < 1.29 is 14.3 Å². The maximum atomic E-state index is 12.2. The van der Waals surface area contributed by atoms with Gasteiger partial charge in [-0.15, -0.1) is 11.3 Å². The molecule has 2 rings (SSSR count). The Bertz CT molecular complexity index is 760. The van der Waals surface area contributed by atoms with Crippen molar-refractivity contribution in [3.8, 4) is 0 Å². The lowest BCUT2D eigenvalue weighted by Crippen LogP contribution is -2.38. The Kier molecular flexibility index (Phi) is 6.33. The zero-order valence-electron chi connectivity index (χ0n) is 15.2. The van der Waals surface area contributed by atoms with Crippen molar-refractivity contribution in [2.45, 2.75) is 33.8 Å². The highest BCUT2D eigenvalue weighted by atomic mass is 32.1. The minimum atomic E-state index is -0.674. The van der Waals surface area contributed by atoms with Crippen molar-refractivity contribution in [1.29, 1.82) is 0 Å². The summed E-state index contributed by atoms with van der Waals surface area (Å²) in [6.45, 7) is 8.07. The lowest BCUT2D eigenvalue weighted by Gasteiger charge is -2.15. The molecule has 1 atom stereocenters. The molecule has 0 spiro atoms. The number of carbonyl (C=O) groups is 2. The van der Waals surface area contributed by atoms with E-state index < -0.39 is 11.8 Å². The Morgan fingerprint density at radius 3 is 2.24 bits per heavy atom. The van der Waals surface area contributed by atoms with Gasteiger partial charge in [0.25, 0.3) is 0 Å². The third kappa shape index (κ3) is 4.90. The van der Waals surface area contributed by atoms with Gasteiger partial charge in [-0.25, -0.2) is 0 Å². The molecule has 2 amide bonds. The smallest absolute Gasteiger partial charge is 0.313 e. The summed E-state index contributed by atoms with van der Waals surface area (Å²) in [5.74, 6) is -1.35. The molecule has 25 heavy (non-hydrogen) atoms. The number of anilines is 1. The summed E-state index contributed by atoms with van der Waals surface area (Å²) in [6, 6.07) is 7.92. The third-order valence-electron chi connectivity index (χ3n) is 3.93. The molecule has 5 nitrogen and oxygen atoms in total. The zero-order chi connectivity index (χ0) is 18.6. The highest BCUT2D eigenvalue weighted by molar-refractivity contribution is 7.12. The number of thiophene rings is 1. The molecule has 0 radical (unpaired) electrons. The van der Waals surface area contributed by atoms with Crippen molar-refractivity contribution in [3.63, 3.8) is 0 Å². The standard InChI is InChI=1S/C19H24N2O3S/c1-11-8-12(2)17(13(3)9-11)21-19(23)18(22)20-10-15(24-5)16-7-6-14(4)25-16/h6-9,15H,10H2,1-5H3,(H,20,22)(H,21,23). The minimum absolute atomic E-state index is 0.245. The molecule has 0 aliphatic heterocycles. The Morgan fingerprint density at radius 2 is 1.72 bits per heavy atom. The SMILES string of the molecule is COC(CNC(=O)C(=O)Nc1c(C)cc(C)cc1C)c1ccc(C)s1. The van der Waals surface area contributed by atoms with Crippen LogP contribution in [0.3, 0.4) is 0 Å². The van der Waals surface area contributed by atoms with E-state index in [4.69, 9.17) is 4.74 Å². The zero-order valence-corrected chi connectivity index (χ0v) is 16.0. The van der Waals surface area contributed by atoms with Gasteiger partial charge in [0.15, 0.2) is 0 Å². The predicted octanol–water partition coefficient (Wildman–Crippen LogP) is 3.42. The molecule has 134 valence electrons. The average Bonchev–Trinajstić information content (AvgIpc) is 2.97. The van der Waals surface area contributed by atoms with Crippen LogP contribution in [0.25, 0.3) is 0 Å². The van der Waals surface area contributed by atoms with Crippen LogP contribution < -0.4 is 10.6 Å². The fourth-order valence-corrected chi connectivity index (χ4v) is 3.69. The molecule has 1 aromatic carbocycles. The van der Waals surface area contributed by atoms with Gasteiger partial charge >= 0.3 is 11.8 Å². The summed E-state index contributed by atoms with van der Waals surface area (Å²) in [5, 5.41) is 5.34. The van der Waals surface area contributed by atoms with Crippen LogP contribution in [-0.4, -0.2) is 25.5 Å². The van der Waals surface area contributed by atoms with Crippen molar-refractivity contribution in [3.05, 3.63) is 50.7 Å². The van der Waals surface area contributed by atoms with Crippen LogP contribution in [0.15, 0.2) is 24.3 Å². The second-order valence-electron chi connectivity index (χ2n) is 6.11. The molecule has 2 aromatic rings. The van der Waals surface area contributed by atoms with E-state index >= 15 is 0 Å². The van der Waals surface area contributed by atoms with E-state index in [-0.39, 0.29) is 12.6 Å². The van der Waals surface area contributed by atoms with Gasteiger partial charge in [0.2, 0.25) is 0 Å². The number of aryl methyl sites for hydroxylation is 4. The van der Waals surface area contributed by atoms with Gasteiger partial charge < -0.3 is 15.4 Å². The molecule has 6 heteroatoms. The van der Waals surface area contributed by atoms with E-state index in [2.05, 4.69) is 10.6 Å². The monoisotopic (exact) mass is 360 g/mol. The van der Waals surface area contributed by atoms with Crippen LogP contribution in [0.4, 0.5) is 5.69 Å². The van der Waals surface area contributed by atoms with Gasteiger partial charge in [-0.1, -0.05) is 17.7 Å². The van der Waals surface area contributed by atoms with E-state index in [0.29, 0.717) is 5.69 Å². The number of amides is 2. The molecule has 0 fully saturated rings. The van der Waals surface area contributed by atoms with E-state index in [0.717, 1.165) is 21.6 Å². The Morgan fingerprint density at radius 1 is 1.08 bits per heavy atom. The van der Waals surface area contributed by atoms with Crippen molar-refractivity contribution >= 4 is 28.8 Å². The first kappa shape index (κ1) is 19.1. The highest BCUT2D eigenvalue weighted by Crippen LogP contribution is 2.24. The summed E-state index contributed by atoms with van der Waals surface area (Å²) >= 11 is 1.61. The van der Waals surface area contributed by atoms with Crippen LogP contribution in [0.2, 0.25) is 0 Å². The largest absolute Gasteiger partial charge is 0.374 e. The fraction of sp³-hybridized carbons (Fsp3) is 0.368. The molecular weight excluding hydrogens is 336 g/mol. The Balaban J connectivity index is 1.97. The number of hydrogen-bond donors (Lipinski definition) is 2. The number of benzene rings is 1. The molecular formula is C19H24N2O3S. The number of hydrogen-bond acceptors (Lipinski definition) is 4. The first-order valence-electron chi connectivity index (χ1n) is 8.08. The maximum absolute atomic E-state index is 12.2. The average molecular weight is 360 g/mol. The number of ether oxygens (including phenoxy) is 1. The third-order valence-corrected chi connectivity index (χ3v) is 5.03. The molecule has 2 N–H and O–H groups in total. The van der Waals surface area contributed by atoms with Crippen molar-refractivity contribution in [2.24, 2.45) is 0 Å². The number of nitrogens with one attached hydrogen (secondary N) is 2. The van der Waals surface area contributed by atoms with Crippen LogP contribution in [0, 0.1) is 27.7 Å². The quantitative estimate of drug-likeness (QED) is 0.803. The van der Waals surface area contributed by atoms with E-state index in [1.807, 2.05) is 52.0 Å². The summed E-state index contributed by atoms with van der Waals surface area (Å²) in [4.78, 5) is 26.5. The Labute approximate surface area is 152 Å². The predicted molar refractivity (Wildman–Crippen MR) is 101 cm³/mol. The molecule has 1 unspecified atom stereocenters. The van der Waals surface area contributed by atoms with Gasteiger partial charge in [-0.05, 0) is 51.0 Å². The molecule has 1 heterocycles. The molecule has 0 saturated carbocycles. The van der Waals surface area contributed by atoms with Gasteiger partial charge in [-0.3, -0.25) is 9.59 Å². The highest BCUT2D eigenvalue weighted by Gasteiger charge is 2.19. The summed E-state index contributed by atoms with van der Waals surface area (Å²) < 4.78 is 5.41. The van der Waals surface area contributed by atoms with Crippen molar-refractivity contribution in [2.75, 3.05) is 19.0 Å². The summed E-state index contributed by atoms with van der Waals surface area (Å²) in [6.07, 6.45) is -0.265. The summed E-state index contributed by atoms with van der Waals surface area (Å²) in [5.41, 5.74) is 3.67. The van der Waals surface area contributed by atoms with E-state index in [9.17, 15) is 9.59 Å². The summed E-state index contributed by atoms with van der Waals surface area (Å²) in [7, 11) is 1.59. The Hall–Kier alpha value is -2.18. The number of methoxy groups -OCH3 is 1. The first-order valence-corrected chi connectivity index (χ1v) is 8.89. The van der Waals surface area contributed by atoms with Gasteiger partial charge in [0.1, 0.15) is 6.10 Å². The topological polar surface area (TPSA) is 67.4 Å². The van der Waals surface area contributed by atoms with Gasteiger partial charge in [-0.2, -0.15) is 0 Å². The number of rotatable bonds is 5. The van der Waals surface area contributed by atoms with Crippen LogP contribution in [-0.2, 0) is 14.3 Å². The van der Waals surface area contributed by atoms with Crippen molar-refractivity contribution in [1.82, 2.24) is 5.32 Å². The first-order chi connectivity index (χ1) is 11.8. The minimum Gasteiger partial charge on any atom is -0.374 e. The van der Waals surface area contributed by atoms with Crippen LogP contribution >= 0.6 is 11.3 Å². The molecule has 0 aliphatic rings. The maximum Gasteiger partial charge on any atom is 0.313 e. The van der Waals surface area contributed by atoms with Gasteiger partial charge in [0, 0.05) is 29.1 Å². The number of carbonyl (C=O) groups excluding carboxylic acids is 2. The molecule has 0 bridgehead atoms. The lowest BCUT2D eigenvalue weighted by molar-refractivity contribution is -0.136. The van der Waals surface area contributed by atoms with E-state index in [1.165, 1.54) is 4.88 Å². The van der Waals surface area contributed by atoms with E-state index in [1.54, 1.807) is 18.4 Å². The van der Waals surface area contributed by atoms with Crippen LogP contribution in [0.1, 0.15) is 32.5 Å². The normalized spacial score (nSPS) is 11.9. The molecule has 1 aromatic heterocycles. The molecule has 0 saturated heterocycles. The molecule has 0 aliphatic carbocycles. The second-order valence-corrected chi connectivity index (χ2v) is 7.43.